The molecule has 0 rings (SSSR count). The first-order valence-electron chi connectivity index (χ1n) is 1.60. The molecule has 0 fully saturated rings. The maximum atomic E-state index is 9.82. The first-order valence-corrected chi connectivity index (χ1v) is 4.00. The standard InChI is InChI=1S/C3H3BrO3S/c4-2-1-3-8(5,6)7/h3H2,(H,5,6,7). The van der Waals surface area contributed by atoms with Crippen LogP contribution in [0.1, 0.15) is 0 Å². The molecule has 0 spiro atoms. The summed E-state index contributed by atoms with van der Waals surface area (Å²) < 4.78 is 27.6. The molecule has 0 bridgehead atoms. The first kappa shape index (κ1) is 7.95. The zero-order valence-corrected chi connectivity index (χ0v) is 6.16. The normalized spacial score (nSPS) is 9.75. The molecular formula is C3H3BrO3S. The zero-order valence-electron chi connectivity index (χ0n) is 3.76. The average molecular weight is 199 g/mol. The smallest absolute Gasteiger partial charge is 0.276 e. The Bertz CT molecular complexity index is 206. The molecule has 0 aromatic carbocycles. The van der Waals surface area contributed by atoms with Gasteiger partial charge < -0.3 is 0 Å². The number of rotatable bonds is 1. The molecular weight excluding hydrogens is 196 g/mol. The van der Waals surface area contributed by atoms with Crippen molar-refractivity contribution in [2.75, 3.05) is 5.75 Å². The molecule has 1 N–H and O–H groups in total. The fraction of sp³-hybridized carbons (Fsp3) is 0.333. The molecule has 0 amide bonds. The van der Waals surface area contributed by atoms with E-state index in [9.17, 15) is 8.42 Å². The Hall–Kier alpha value is -0.0500. The molecule has 0 aliphatic heterocycles. The monoisotopic (exact) mass is 198 g/mol. The average Bonchev–Trinajstić information content (AvgIpc) is 1.59. The summed E-state index contributed by atoms with van der Waals surface area (Å²) in [5, 5.41) is 0. The third-order valence-electron chi connectivity index (χ3n) is 0.321. The Kier molecular flexibility index (Phi) is 3.05. The highest BCUT2D eigenvalue weighted by atomic mass is 79.9. The molecule has 0 aromatic heterocycles. The van der Waals surface area contributed by atoms with Crippen molar-refractivity contribution < 1.29 is 13.0 Å². The predicted octanol–water partition coefficient (Wildman–Crippen LogP) is 0.230. The van der Waals surface area contributed by atoms with E-state index in [-0.39, 0.29) is 0 Å². The van der Waals surface area contributed by atoms with Crippen LogP contribution >= 0.6 is 15.9 Å². The third kappa shape index (κ3) is 5.95. The molecule has 0 aliphatic carbocycles. The van der Waals surface area contributed by atoms with E-state index in [0.29, 0.717) is 0 Å². The molecule has 0 unspecified atom stereocenters. The van der Waals surface area contributed by atoms with Gasteiger partial charge in [-0.2, -0.15) is 8.42 Å². The van der Waals surface area contributed by atoms with Crippen LogP contribution in [-0.4, -0.2) is 18.7 Å². The zero-order chi connectivity index (χ0) is 6.62. The Morgan fingerprint density at radius 2 is 2.12 bits per heavy atom. The van der Waals surface area contributed by atoms with E-state index >= 15 is 0 Å². The predicted molar refractivity (Wildman–Crippen MR) is 33.1 cm³/mol. The second-order valence-corrected chi connectivity index (χ2v) is 2.85. The molecule has 0 radical (unpaired) electrons. The highest BCUT2D eigenvalue weighted by Crippen LogP contribution is 1.78. The molecule has 0 aromatic rings. The Labute approximate surface area is 56.0 Å². The summed E-state index contributed by atoms with van der Waals surface area (Å²) in [6.45, 7) is 0. The van der Waals surface area contributed by atoms with Crippen molar-refractivity contribution in [3.8, 4) is 10.8 Å². The van der Waals surface area contributed by atoms with Crippen LogP contribution in [0, 0.1) is 10.8 Å². The minimum atomic E-state index is -3.89. The SMILES string of the molecule is O=S(=O)(O)CC#CBr. The van der Waals surface area contributed by atoms with Crippen LogP contribution in [-0.2, 0) is 10.1 Å². The van der Waals surface area contributed by atoms with Gasteiger partial charge in [-0.05, 0) is 4.83 Å². The summed E-state index contributed by atoms with van der Waals surface area (Å²) in [7, 11) is -3.89. The van der Waals surface area contributed by atoms with Gasteiger partial charge in [0.05, 0.1) is 0 Å². The minimum Gasteiger partial charge on any atom is -0.285 e. The summed E-state index contributed by atoms with van der Waals surface area (Å²) >= 11 is 2.67. The quantitative estimate of drug-likeness (QED) is 0.485. The molecule has 0 atom stereocenters. The topological polar surface area (TPSA) is 54.4 Å². The van der Waals surface area contributed by atoms with Gasteiger partial charge >= 0.3 is 0 Å². The number of halogens is 1. The van der Waals surface area contributed by atoms with E-state index in [1.54, 1.807) is 0 Å². The van der Waals surface area contributed by atoms with Crippen molar-refractivity contribution in [2.45, 2.75) is 0 Å². The Morgan fingerprint density at radius 3 is 2.25 bits per heavy atom. The Balaban J connectivity index is 3.89. The molecule has 0 saturated carbocycles. The van der Waals surface area contributed by atoms with Crippen molar-refractivity contribution in [3.05, 3.63) is 0 Å². The first-order chi connectivity index (χ1) is 3.56. The minimum absolute atomic E-state index is 0.516. The molecule has 0 heterocycles. The second-order valence-electron chi connectivity index (χ2n) is 0.998. The van der Waals surface area contributed by atoms with E-state index in [4.69, 9.17) is 4.55 Å². The lowest BCUT2D eigenvalue weighted by Gasteiger charge is -1.80. The fourth-order valence-electron chi connectivity index (χ4n) is 0.118. The second kappa shape index (κ2) is 3.07. The summed E-state index contributed by atoms with van der Waals surface area (Å²) in [4.78, 5) is 2.15. The van der Waals surface area contributed by atoms with Gasteiger partial charge in [-0.15, -0.1) is 0 Å². The van der Waals surface area contributed by atoms with Gasteiger partial charge in [0.25, 0.3) is 10.1 Å². The Morgan fingerprint density at radius 1 is 1.62 bits per heavy atom. The van der Waals surface area contributed by atoms with E-state index in [2.05, 4.69) is 26.7 Å². The van der Waals surface area contributed by atoms with Crippen LogP contribution < -0.4 is 0 Å². The van der Waals surface area contributed by atoms with E-state index in [1.165, 1.54) is 0 Å². The summed E-state index contributed by atoms with van der Waals surface area (Å²) in [6.07, 6.45) is 0. The fourth-order valence-corrected chi connectivity index (χ4v) is 0.699. The van der Waals surface area contributed by atoms with Gasteiger partial charge in [-0.3, -0.25) is 4.55 Å². The van der Waals surface area contributed by atoms with Gasteiger partial charge in [0.15, 0.2) is 0 Å². The lowest BCUT2D eigenvalue weighted by atomic mass is 10.8. The van der Waals surface area contributed by atoms with E-state index in [1.807, 2.05) is 0 Å². The molecule has 0 saturated heterocycles. The van der Waals surface area contributed by atoms with Crippen LogP contribution in [0.25, 0.3) is 0 Å². The maximum absolute atomic E-state index is 9.82. The van der Waals surface area contributed by atoms with Gasteiger partial charge in [-0.1, -0.05) is 5.92 Å². The van der Waals surface area contributed by atoms with Crippen molar-refractivity contribution in [1.29, 1.82) is 0 Å². The third-order valence-corrected chi connectivity index (χ3v) is 1.11. The van der Waals surface area contributed by atoms with Gasteiger partial charge in [0.1, 0.15) is 5.75 Å². The van der Waals surface area contributed by atoms with Crippen LogP contribution in [0.4, 0.5) is 0 Å². The van der Waals surface area contributed by atoms with Crippen molar-refractivity contribution >= 4 is 26.0 Å². The van der Waals surface area contributed by atoms with Crippen molar-refractivity contribution in [1.82, 2.24) is 0 Å². The lowest BCUT2D eigenvalue weighted by Crippen LogP contribution is -2.00. The molecule has 3 nitrogen and oxygen atoms in total. The molecule has 5 heteroatoms. The molecule has 8 heavy (non-hydrogen) atoms. The molecule has 0 aliphatic rings. The lowest BCUT2D eigenvalue weighted by molar-refractivity contribution is 0.487. The molecule has 46 valence electrons. The van der Waals surface area contributed by atoms with Crippen LogP contribution in [0.3, 0.4) is 0 Å². The van der Waals surface area contributed by atoms with E-state index in [0.717, 1.165) is 0 Å². The summed E-state index contributed by atoms with van der Waals surface area (Å²) in [5.74, 6) is 1.60. The highest BCUT2D eigenvalue weighted by molar-refractivity contribution is 9.12. The van der Waals surface area contributed by atoms with Crippen molar-refractivity contribution in [3.63, 3.8) is 0 Å². The van der Waals surface area contributed by atoms with Gasteiger partial charge in [-0.25, -0.2) is 0 Å². The van der Waals surface area contributed by atoms with Gasteiger partial charge in [0, 0.05) is 15.9 Å². The van der Waals surface area contributed by atoms with Crippen molar-refractivity contribution in [2.24, 2.45) is 0 Å². The van der Waals surface area contributed by atoms with Crippen LogP contribution in [0.5, 0.6) is 0 Å². The summed E-state index contributed by atoms with van der Waals surface area (Å²) in [6, 6.07) is 0. The van der Waals surface area contributed by atoms with Crippen LogP contribution in [0.2, 0.25) is 0 Å². The number of hydrogen-bond acceptors (Lipinski definition) is 2. The largest absolute Gasteiger partial charge is 0.285 e. The number of hydrogen-bond donors (Lipinski definition) is 1. The van der Waals surface area contributed by atoms with Gasteiger partial charge in [0.2, 0.25) is 0 Å². The maximum Gasteiger partial charge on any atom is 0.276 e. The summed E-state index contributed by atoms with van der Waals surface area (Å²) in [5.41, 5.74) is 0. The highest BCUT2D eigenvalue weighted by Gasteiger charge is 1.97. The van der Waals surface area contributed by atoms with Crippen LogP contribution in [0.15, 0.2) is 0 Å². The van der Waals surface area contributed by atoms with E-state index < -0.39 is 15.9 Å².